The van der Waals surface area contributed by atoms with Crippen molar-refractivity contribution >= 4 is 42.4 Å². The molecule has 2 heterocycles. The standard InChI is InChI=1S/C23H27N3O5S2/c1-30-17-8-9-19-20(16-17)32-23(24-19)26(11-5-10-25-12-14-31-15-13-25)22(27)18-6-3-4-7-21(18)33(2,28)29/h3-4,6-9,16H,5,10-15H2,1-2H3. The molecule has 0 N–H and O–H groups in total. The van der Waals surface area contributed by atoms with E-state index in [-0.39, 0.29) is 16.4 Å². The predicted octanol–water partition coefficient (Wildman–Crippen LogP) is 3.08. The first-order chi connectivity index (χ1) is 15.9. The van der Waals surface area contributed by atoms with E-state index >= 15 is 0 Å². The fourth-order valence-corrected chi connectivity index (χ4v) is 5.71. The average molecular weight is 490 g/mol. The van der Waals surface area contributed by atoms with Crippen molar-refractivity contribution in [3.8, 4) is 5.75 Å². The largest absolute Gasteiger partial charge is 0.497 e. The quantitative estimate of drug-likeness (QED) is 0.480. The summed E-state index contributed by atoms with van der Waals surface area (Å²) in [7, 11) is -1.96. The summed E-state index contributed by atoms with van der Waals surface area (Å²) < 4.78 is 36.3. The number of methoxy groups -OCH3 is 1. The fourth-order valence-electron chi connectivity index (χ4n) is 3.81. The molecule has 3 aromatic rings. The molecular weight excluding hydrogens is 462 g/mol. The van der Waals surface area contributed by atoms with E-state index in [9.17, 15) is 13.2 Å². The van der Waals surface area contributed by atoms with Crippen LogP contribution in [0.15, 0.2) is 47.4 Å². The van der Waals surface area contributed by atoms with Crippen molar-refractivity contribution < 1.29 is 22.7 Å². The Bertz CT molecular complexity index is 1240. The molecule has 0 saturated carbocycles. The molecular formula is C23H27N3O5S2. The Labute approximate surface area is 197 Å². The van der Waals surface area contributed by atoms with Crippen molar-refractivity contribution in [1.82, 2.24) is 9.88 Å². The van der Waals surface area contributed by atoms with Gasteiger partial charge in [-0.15, -0.1) is 0 Å². The lowest BCUT2D eigenvalue weighted by Crippen LogP contribution is -2.39. The molecule has 1 fully saturated rings. The highest BCUT2D eigenvalue weighted by molar-refractivity contribution is 7.90. The highest BCUT2D eigenvalue weighted by Crippen LogP contribution is 2.33. The highest BCUT2D eigenvalue weighted by atomic mass is 32.2. The van der Waals surface area contributed by atoms with Crippen LogP contribution >= 0.6 is 11.3 Å². The summed E-state index contributed by atoms with van der Waals surface area (Å²) in [4.78, 5) is 22.3. The van der Waals surface area contributed by atoms with Crippen molar-refractivity contribution in [2.75, 3.05) is 57.7 Å². The van der Waals surface area contributed by atoms with Gasteiger partial charge in [-0.3, -0.25) is 14.6 Å². The number of ether oxygens (including phenoxy) is 2. The van der Waals surface area contributed by atoms with Crippen LogP contribution in [0.2, 0.25) is 0 Å². The maximum absolute atomic E-state index is 13.7. The third-order valence-electron chi connectivity index (χ3n) is 5.54. The molecule has 1 aliphatic heterocycles. The van der Waals surface area contributed by atoms with Crippen LogP contribution in [0.3, 0.4) is 0 Å². The van der Waals surface area contributed by atoms with Crippen molar-refractivity contribution in [2.24, 2.45) is 0 Å². The summed E-state index contributed by atoms with van der Waals surface area (Å²) in [6.07, 6.45) is 1.85. The third-order valence-corrected chi connectivity index (χ3v) is 7.73. The molecule has 8 nitrogen and oxygen atoms in total. The SMILES string of the molecule is COc1ccc2nc(N(CCCN3CCOCC3)C(=O)c3ccccc3S(C)(=O)=O)sc2c1. The fraction of sp³-hybridized carbons (Fsp3) is 0.391. The summed E-state index contributed by atoms with van der Waals surface area (Å²) >= 11 is 1.39. The molecule has 1 saturated heterocycles. The normalized spacial score (nSPS) is 15.0. The molecule has 0 bridgehead atoms. The number of morpholine rings is 1. The van der Waals surface area contributed by atoms with Gasteiger partial charge >= 0.3 is 0 Å². The van der Waals surface area contributed by atoms with Gasteiger partial charge in [0.1, 0.15) is 5.75 Å². The Morgan fingerprint density at radius 2 is 1.97 bits per heavy atom. The molecule has 0 spiro atoms. The first-order valence-corrected chi connectivity index (χ1v) is 13.4. The Morgan fingerprint density at radius 1 is 1.21 bits per heavy atom. The van der Waals surface area contributed by atoms with E-state index in [0.717, 1.165) is 42.5 Å². The van der Waals surface area contributed by atoms with Gasteiger partial charge in [0.15, 0.2) is 15.0 Å². The monoisotopic (exact) mass is 489 g/mol. The number of nitrogens with zero attached hydrogens (tertiary/aromatic N) is 3. The summed E-state index contributed by atoms with van der Waals surface area (Å²) in [5.74, 6) is 0.342. The van der Waals surface area contributed by atoms with Crippen LogP contribution in [-0.4, -0.2) is 77.0 Å². The number of benzene rings is 2. The lowest BCUT2D eigenvalue weighted by molar-refractivity contribution is 0.0376. The molecule has 0 aliphatic carbocycles. The van der Waals surface area contributed by atoms with Gasteiger partial charge in [0, 0.05) is 32.4 Å². The maximum atomic E-state index is 13.7. The smallest absolute Gasteiger partial charge is 0.261 e. The number of sulfone groups is 1. The van der Waals surface area contributed by atoms with Crippen molar-refractivity contribution in [1.29, 1.82) is 0 Å². The van der Waals surface area contributed by atoms with Crippen LogP contribution in [0.4, 0.5) is 5.13 Å². The molecule has 0 unspecified atom stereocenters. The Hall–Kier alpha value is -2.53. The molecule has 1 aromatic heterocycles. The zero-order valence-electron chi connectivity index (χ0n) is 18.7. The van der Waals surface area contributed by atoms with Crippen molar-refractivity contribution in [3.63, 3.8) is 0 Å². The van der Waals surface area contributed by atoms with Crippen LogP contribution in [0, 0.1) is 0 Å². The Morgan fingerprint density at radius 3 is 2.70 bits per heavy atom. The predicted molar refractivity (Wildman–Crippen MR) is 129 cm³/mol. The van der Waals surface area contributed by atoms with E-state index in [4.69, 9.17) is 9.47 Å². The van der Waals surface area contributed by atoms with Gasteiger partial charge in [-0.25, -0.2) is 13.4 Å². The molecule has 1 aliphatic rings. The van der Waals surface area contributed by atoms with E-state index < -0.39 is 9.84 Å². The average Bonchev–Trinajstić information content (AvgIpc) is 3.24. The maximum Gasteiger partial charge on any atom is 0.261 e. The number of carbonyl (C=O) groups excluding carboxylic acids is 1. The van der Waals surface area contributed by atoms with Crippen LogP contribution in [0.1, 0.15) is 16.8 Å². The van der Waals surface area contributed by atoms with Crippen LogP contribution < -0.4 is 9.64 Å². The molecule has 1 amide bonds. The second kappa shape index (κ2) is 10.2. The second-order valence-corrected chi connectivity index (χ2v) is 10.9. The van der Waals surface area contributed by atoms with Gasteiger partial charge in [0.25, 0.3) is 5.91 Å². The molecule has 33 heavy (non-hydrogen) atoms. The number of carbonyl (C=O) groups is 1. The van der Waals surface area contributed by atoms with Crippen molar-refractivity contribution in [2.45, 2.75) is 11.3 Å². The highest BCUT2D eigenvalue weighted by Gasteiger charge is 2.26. The number of amides is 1. The first kappa shape index (κ1) is 23.6. The number of hydrogen-bond acceptors (Lipinski definition) is 8. The van der Waals surface area contributed by atoms with Gasteiger partial charge in [0.05, 0.1) is 41.0 Å². The number of aromatic nitrogens is 1. The van der Waals surface area contributed by atoms with Gasteiger partial charge in [-0.05, 0) is 36.8 Å². The van der Waals surface area contributed by atoms with Gasteiger partial charge in [-0.1, -0.05) is 23.5 Å². The van der Waals surface area contributed by atoms with Gasteiger partial charge < -0.3 is 9.47 Å². The minimum Gasteiger partial charge on any atom is -0.497 e. The van der Waals surface area contributed by atoms with E-state index in [1.54, 1.807) is 30.2 Å². The van der Waals surface area contributed by atoms with Gasteiger partial charge in [0.2, 0.25) is 0 Å². The van der Waals surface area contributed by atoms with Gasteiger partial charge in [-0.2, -0.15) is 0 Å². The summed E-state index contributed by atoms with van der Waals surface area (Å²) in [5, 5.41) is 0.536. The molecule has 0 atom stereocenters. The number of fused-ring (bicyclic) bond motifs is 1. The number of rotatable bonds is 8. The van der Waals surface area contributed by atoms with Crippen molar-refractivity contribution in [3.05, 3.63) is 48.0 Å². The van der Waals surface area contributed by atoms with E-state index in [1.165, 1.54) is 17.4 Å². The lowest BCUT2D eigenvalue weighted by atomic mass is 10.2. The first-order valence-electron chi connectivity index (χ1n) is 10.7. The minimum atomic E-state index is -3.57. The molecule has 10 heteroatoms. The van der Waals surface area contributed by atoms with E-state index in [1.807, 2.05) is 18.2 Å². The summed E-state index contributed by atoms with van der Waals surface area (Å²) in [5.41, 5.74) is 0.918. The molecule has 4 rings (SSSR count). The lowest BCUT2D eigenvalue weighted by Gasteiger charge is -2.28. The summed E-state index contributed by atoms with van der Waals surface area (Å²) in [6, 6.07) is 11.9. The Balaban J connectivity index is 1.66. The van der Waals surface area contributed by atoms with Crippen LogP contribution in [-0.2, 0) is 14.6 Å². The molecule has 0 radical (unpaired) electrons. The Kier molecular flexibility index (Phi) is 7.28. The number of thiazole rings is 1. The topological polar surface area (TPSA) is 89.0 Å². The number of anilines is 1. The van der Waals surface area contributed by atoms with Crippen LogP contribution in [0.25, 0.3) is 10.2 Å². The molecule has 2 aromatic carbocycles. The second-order valence-electron chi connectivity index (χ2n) is 7.86. The minimum absolute atomic E-state index is 0.0240. The van der Waals surface area contributed by atoms with E-state index in [2.05, 4.69) is 9.88 Å². The zero-order valence-corrected chi connectivity index (χ0v) is 20.3. The summed E-state index contributed by atoms with van der Waals surface area (Å²) in [6.45, 7) is 4.40. The third kappa shape index (κ3) is 5.52. The molecule has 176 valence electrons. The number of hydrogen-bond donors (Lipinski definition) is 0. The van der Waals surface area contributed by atoms with Crippen LogP contribution in [0.5, 0.6) is 5.75 Å². The zero-order chi connectivity index (χ0) is 23.4. The van der Waals surface area contributed by atoms with E-state index in [0.29, 0.717) is 30.6 Å².